The highest BCUT2D eigenvalue weighted by atomic mass is 16.8. The first-order chi connectivity index (χ1) is 39.3. The molecule has 0 bridgehead atoms. The molecular formula is C62H117NO18. The maximum absolute atomic E-state index is 13.4. The van der Waals surface area contributed by atoms with Gasteiger partial charge in [-0.15, -0.1) is 0 Å². The van der Waals surface area contributed by atoms with Gasteiger partial charge in [0.25, 0.3) is 0 Å². The summed E-state index contributed by atoms with van der Waals surface area (Å²) in [4.78, 5) is 13.4. The Balaban J connectivity index is 1.47. The molecule has 81 heavy (non-hydrogen) atoms. The van der Waals surface area contributed by atoms with Crippen LogP contribution in [0.1, 0.15) is 245 Å². The molecule has 3 aliphatic heterocycles. The van der Waals surface area contributed by atoms with Gasteiger partial charge in [0.2, 0.25) is 5.91 Å². The third kappa shape index (κ3) is 29.2. The number of aliphatic hydroxyl groups excluding tert-OH is 11. The van der Waals surface area contributed by atoms with Crippen molar-refractivity contribution >= 4 is 5.91 Å². The highest BCUT2D eigenvalue weighted by Crippen LogP contribution is 2.33. The molecule has 3 fully saturated rings. The lowest BCUT2D eigenvalue weighted by Crippen LogP contribution is -2.66. The normalized spacial score (nSPS) is 29.8. The molecular weight excluding hydrogens is 1050 g/mol. The van der Waals surface area contributed by atoms with E-state index in [0.717, 1.165) is 64.2 Å². The number of carbonyl (C=O) groups excluding carboxylic acids is 1. The molecule has 12 N–H and O–H groups in total. The number of hydrogen-bond donors (Lipinski definition) is 12. The largest absolute Gasteiger partial charge is 0.394 e. The number of unbranched alkanes of at least 4 members (excludes halogenated alkanes) is 31. The molecule has 3 aliphatic rings. The van der Waals surface area contributed by atoms with E-state index in [9.17, 15) is 61.0 Å². The zero-order valence-electron chi connectivity index (χ0n) is 50.0. The molecule has 0 spiro atoms. The van der Waals surface area contributed by atoms with Crippen molar-refractivity contribution in [2.75, 3.05) is 26.4 Å². The number of ether oxygens (including phenoxy) is 6. The molecule has 0 aliphatic carbocycles. The Bertz CT molecular complexity index is 1530. The fraction of sp³-hybridized carbons (Fsp3) is 0.952. The SMILES string of the molecule is CCCCCCCCC/C=C\CCCCCCCC(=O)NC(COC1OC(CO)C(OC2OC(CO)C(OC3OC(CO)C(O)C(O)C3O)C(O)C2O)C(O)C1O)C(O)CCCCCCCCCCCCCCCCCCCCCC. The Labute approximate surface area is 486 Å². The molecule has 0 aromatic carbocycles. The fourth-order valence-electron chi connectivity index (χ4n) is 11.3. The minimum Gasteiger partial charge on any atom is -0.394 e. The monoisotopic (exact) mass is 1160 g/mol. The number of carbonyl (C=O) groups is 1. The summed E-state index contributed by atoms with van der Waals surface area (Å²) < 4.78 is 34.4. The maximum atomic E-state index is 13.4. The van der Waals surface area contributed by atoms with Gasteiger partial charge in [0.15, 0.2) is 18.9 Å². The van der Waals surface area contributed by atoms with Crippen molar-refractivity contribution in [1.82, 2.24) is 5.32 Å². The van der Waals surface area contributed by atoms with Gasteiger partial charge in [0, 0.05) is 6.42 Å². The van der Waals surface area contributed by atoms with Crippen LogP contribution in [-0.2, 0) is 33.2 Å². The van der Waals surface area contributed by atoms with Crippen LogP contribution in [0.5, 0.6) is 0 Å². The number of hydrogen-bond acceptors (Lipinski definition) is 18. The summed E-state index contributed by atoms with van der Waals surface area (Å²) in [6, 6.07) is -0.888. The van der Waals surface area contributed by atoms with Crippen molar-refractivity contribution < 1.29 is 89.4 Å². The Morgan fingerprint density at radius 2 is 0.778 bits per heavy atom. The van der Waals surface area contributed by atoms with E-state index >= 15 is 0 Å². The number of amides is 1. The van der Waals surface area contributed by atoms with Gasteiger partial charge in [-0.1, -0.05) is 212 Å². The molecule has 1 amide bonds. The predicted molar refractivity (Wildman–Crippen MR) is 310 cm³/mol. The molecule has 19 heteroatoms. The maximum Gasteiger partial charge on any atom is 0.220 e. The van der Waals surface area contributed by atoms with Gasteiger partial charge in [-0.25, -0.2) is 0 Å². The van der Waals surface area contributed by atoms with Gasteiger partial charge in [0.05, 0.1) is 38.6 Å². The van der Waals surface area contributed by atoms with Crippen molar-refractivity contribution in [2.24, 2.45) is 0 Å². The standard InChI is InChI=1S/C62H117NO18/c1-3-5-7-9-11-13-15-17-19-21-22-23-24-25-27-29-31-33-35-37-39-46(67)45(63-50(68)40-38-36-34-32-30-28-26-20-18-16-14-12-10-8-6-4-2)44-76-60-56(74)53(71)58(48(42-65)78-60)81-62-57(75)54(72)59(49(43-66)79-62)80-61-55(73)52(70)51(69)47(41-64)77-61/h20,26,45-49,51-62,64-67,69-75H,3-19,21-25,27-44H2,1-2H3,(H,63,68)/b26-20-. The minimum atomic E-state index is -1.97. The van der Waals surface area contributed by atoms with Gasteiger partial charge < -0.3 is 89.9 Å². The summed E-state index contributed by atoms with van der Waals surface area (Å²) in [5.74, 6) is -0.249. The Morgan fingerprint density at radius 3 is 1.20 bits per heavy atom. The van der Waals surface area contributed by atoms with Gasteiger partial charge in [-0.2, -0.15) is 0 Å². The molecule has 3 saturated heterocycles. The zero-order chi connectivity index (χ0) is 59.0. The topological polar surface area (TPSA) is 307 Å². The number of nitrogens with one attached hydrogen (secondary N) is 1. The highest BCUT2D eigenvalue weighted by Gasteiger charge is 2.53. The number of allylic oxidation sites excluding steroid dienone is 2. The van der Waals surface area contributed by atoms with Crippen molar-refractivity contribution in [3.63, 3.8) is 0 Å². The second-order valence-electron chi connectivity index (χ2n) is 23.6. The molecule has 17 unspecified atom stereocenters. The van der Waals surface area contributed by atoms with Crippen LogP contribution in [0.25, 0.3) is 0 Å². The minimum absolute atomic E-state index is 0.249. The van der Waals surface area contributed by atoms with E-state index in [1.807, 2.05) is 0 Å². The summed E-state index contributed by atoms with van der Waals surface area (Å²) in [5.41, 5.74) is 0. The molecule has 3 rings (SSSR count). The van der Waals surface area contributed by atoms with Crippen molar-refractivity contribution in [3.05, 3.63) is 12.2 Å². The van der Waals surface area contributed by atoms with Crippen LogP contribution in [0.4, 0.5) is 0 Å². The van der Waals surface area contributed by atoms with Crippen molar-refractivity contribution in [2.45, 2.75) is 349 Å². The molecule has 0 saturated carbocycles. The number of aliphatic hydroxyl groups is 11. The van der Waals surface area contributed by atoms with E-state index in [-0.39, 0.29) is 18.9 Å². The first-order valence-electron chi connectivity index (χ1n) is 32.4. The van der Waals surface area contributed by atoms with Crippen LogP contribution in [0.3, 0.4) is 0 Å². The average molecular weight is 1160 g/mol. The van der Waals surface area contributed by atoms with Crippen LogP contribution in [-0.4, -0.2) is 193 Å². The molecule has 478 valence electrons. The van der Waals surface area contributed by atoms with E-state index in [4.69, 9.17) is 28.4 Å². The summed E-state index contributed by atoms with van der Waals surface area (Å²) in [6.45, 7) is 1.80. The lowest BCUT2D eigenvalue weighted by atomic mass is 9.96. The van der Waals surface area contributed by atoms with Crippen LogP contribution in [0.2, 0.25) is 0 Å². The van der Waals surface area contributed by atoms with Gasteiger partial charge in [-0.05, 0) is 38.5 Å². The van der Waals surface area contributed by atoms with E-state index in [0.29, 0.717) is 12.8 Å². The van der Waals surface area contributed by atoms with Crippen molar-refractivity contribution in [3.8, 4) is 0 Å². The van der Waals surface area contributed by atoms with E-state index < -0.39 is 124 Å². The second kappa shape index (κ2) is 45.8. The fourth-order valence-corrected chi connectivity index (χ4v) is 11.3. The van der Waals surface area contributed by atoms with Gasteiger partial charge in [0.1, 0.15) is 73.2 Å². The Hall–Kier alpha value is -1.47. The van der Waals surface area contributed by atoms with Crippen LogP contribution in [0, 0.1) is 0 Å². The third-order valence-electron chi connectivity index (χ3n) is 16.6. The first kappa shape index (κ1) is 73.8. The van der Waals surface area contributed by atoms with Crippen molar-refractivity contribution in [1.29, 1.82) is 0 Å². The van der Waals surface area contributed by atoms with Gasteiger partial charge >= 0.3 is 0 Å². The van der Waals surface area contributed by atoms with E-state index in [1.54, 1.807) is 0 Å². The first-order valence-corrected chi connectivity index (χ1v) is 32.4. The zero-order valence-corrected chi connectivity index (χ0v) is 50.0. The molecule has 0 aromatic heterocycles. The molecule has 0 aromatic rings. The third-order valence-corrected chi connectivity index (χ3v) is 16.6. The molecule has 0 radical (unpaired) electrons. The smallest absolute Gasteiger partial charge is 0.220 e. The summed E-state index contributed by atoms with van der Waals surface area (Å²) in [6.07, 6.45) is 20.0. The lowest BCUT2D eigenvalue weighted by molar-refractivity contribution is -0.379. The summed E-state index contributed by atoms with van der Waals surface area (Å²) in [7, 11) is 0. The van der Waals surface area contributed by atoms with Crippen LogP contribution in [0.15, 0.2) is 12.2 Å². The summed E-state index contributed by atoms with van der Waals surface area (Å²) >= 11 is 0. The van der Waals surface area contributed by atoms with Crippen LogP contribution >= 0.6 is 0 Å². The van der Waals surface area contributed by atoms with E-state index in [2.05, 4.69) is 31.3 Å². The second-order valence-corrected chi connectivity index (χ2v) is 23.6. The lowest BCUT2D eigenvalue weighted by Gasteiger charge is -2.48. The number of rotatable bonds is 49. The Kier molecular flexibility index (Phi) is 41.7. The van der Waals surface area contributed by atoms with E-state index in [1.165, 1.54) is 148 Å². The quantitative estimate of drug-likeness (QED) is 0.0217. The summed E-state index contributed by atoms with van der Waals surface area (Å²) in [5, 5.41) is 120. The Morgan fingerprint density at radius 1 is 0.432 bits per heavy atom. The molecule has 19 nitrogen and oxygen atoms in total. The van der Waals surface area contributed by atoms with Gasteiger partial charge in [-0.3, -0.25) is 4.79 Å². The highest BCUT2D eigenvalue weighted by molar-refractivity contribution is 5.76. The molecule has 17 atom stereocenters. The predicted octanol–water partition coefficient (Wildman–Crippen LogP) is 6.94. The molecule has 3 heterocycles. The van der Waals surface area contributed by atoms with Crippen LogP contribution < -0.4 is 5.32 Å². The average Bonchev–Trinajstić information content (AvgIpc) is 3.47.